The average molecular weight is 545 g/mol. The Morgan fingerprint density at radius 3 is 2.71 bits per heavy atom. The molecule has 0 aromatic heterocycles. The Hall–Kier alpha value is -2.68. The van der Waals surface area contributed by atoms with Gasteiger partial charge >= 0.3 is 5.97 Å². The lowest BCUT2D eigenvalue weighted by Gasteiger charge is -2.37. The molecule has 2 bridgehead atoms. The van der Waals surface area contributed by atoms with Crippen LogP contribution in [0.4, 0.5) is 5.69 Å². The molecule has 3 aliphatic rings. The number of carbonyl (C=O) groups is 3. The Balaban J connectivity index is 1.82. The van der Waals surface area contributed by atoms with E-state index in [0.717, 1.165) is 5.56 Å². The van der Waals surface area contributed by atoms with Crippen LogP contribution in [0.15, 0.2) is 43.5 Å². The number of benzene rings is 1. The van der Waals surface area contributed by atoms with Gasteiger partial charge in [-0.25, -0.2) is 0 Å². The number of aryl methyl sites for hydroxylation is 1. The van der Waals surface area contributed by atoms with Crippen LogP contribution in [0.2, 0.25) is 5.02 Å². The molecular weight excluding hydrogens is 508 g/mol. The summed E-state index contributed by atoms with van der Waals surface area (Å²) in [7, 11) is 0. The van der Waals surface area contributed by atoms with E-state index in [0.29, 0.717) is 23.6 Å². The van der Waals surface area contributed by atoms with E-state index in [4.69, 9.17) is 21.1 Å². The molecule has 3 heterocycles. The molecule has 0 saturated carbocycles. The topological polar surface area (TPSA) is 96.4 Å². The highest BCUT2D eigenvalue weighted by Crippen LogP contribution is 2.65. The summed E-state index contributed by atoms with van der Waals surface area (Å²) in [5.41, 5.74) is -0.833. The molecule has 3 fully saturated rings. The molecule has 1 N–H and O–H groups in total. The third-order valence-corrected chi connectivity index (χ3v) is 8.77. The summed E-state index contributed by atoms with van der Waals surface area (Å²) < 4.78 is 12.3. The van der Waals surface area contributed by atoms with Crippen LogP contribution in [0.1, 0.15) is 38.7 Å². The van der Waals surface area contributed by atoms with Crippen molar-refractivity contribution in [2.45, 2.75) is 57.3 Å². The van der Waals surface area contributed by atoms with Crippen molar-refractivity contribution in [3.63, 3.8) is 0 Å². The lowest BCUT2D eigenvalue weighted by molar-refractivity contribution is -0.161. The van der Waals surface area contributed by atoms with Crippen molar-refractivity contribution in [1.82, 2.24) is 4.90 Å². The molecule has 3 aliphatic heterocycles. The Labute approximate surface area is 229 Å². The van der Waals surface area contributed by atoms with Crippen LogP contribution >= 0.6 is 11.6 Å². The first-order valence-corrected chi connectivity index (χ1v) is 13.5. The Kier molecular flexibility index (Phi) is 8.07. The number of anilines is 1. The van der Waals surface area contributed by atoms with Crippen LogP contribution in [0.5, 0.6) is 0 Å². The van der Waals surface area contributed by atoms with Gasteiger partial charge in [-0.2, -0.15) is 0 Å². The van der Waals surface area contributed by atoms with Gasteiger partial charge in [0.15, 0.2) is 0 Å². The summed E-state index contributed by atoms with van der Waals surface area (Å²) in [6.07, 6.45) is 4.49. The molecule has 206 valence electrons. The zero-order valence-corrected chi connectivity index (χ0v) is 23.1. The molecule has 1 aromatic carbocycles. The van der Waals surface area contributed by atoms with Crippen molar-refractivity contribution in [3.8, 4) is 0 Å². The third kappa shape index (κ3) is 4.27. The van der Waals surface area contributed by atoms with Gasteiger partial charge in [0.2, 0.25) is 5.91 Å². The lowest BCUT2D eigenvalue weighted by atomic mass is 9.62. The van der Waals surface area contributed by atoms with Gasteiger partial charge < -0.3 is 24.4 Å². The maximum absolute atomic E-state index is 14.5. The van der Waals surface area contributed by atoms with Crippen LogP contribution < -0.4 is 4.90 Å². The monoisotopic (exact) mass is 544 g/mol. The summed E-state index contributed by atoms with van der Waals surface area (Å²) in [5, 5.41) is 9.98. The number of likely N-dealkylation sites (tertiary alicyclic amines) is 1. The van der Waals surface area contributed by atoms with Gasteiger partial charge in [-0.15, -0.1) is 13.2 Å². The Morgan fingerprint density at radius 1 is 1.34 bits per heavy atom. The summed E-state index contributed by atoms with van der Waals surface area (Å²) in [4.78, 5) is 45.1. The van der Waals surface area contributed by atoms with Crippen molar-refractivity contribution >= 4 is 35.1 Å². The van der Waals surface area contributed by atoms with E-state index in [1.807, 2.05) is 32.9 Å². The number of aliphatic hydroxyl groups excluding tert-OH is 1. The van der Waals surface area contributed by atoms with Gasteiger partial charge in [0.1, 0.15) is 17.6 Å². The largest absolute Gasteiger partial charge is 0.465 e. The molecule has 1 aromatic rings. The number of rotatable bonds is 11. The van der Waals surface area contributed by atoms with Gasteiger partial charge in [-0.05, 0) is 50.7 Å². The molecule has 0 radical (unpaired) electrons. The molecule has 2 amide bonds. The van der Waals surface area contributed by atoms with Crippen molar-refractivity contribution in [3.05, 3.63) is 54.1 Å². The second-order valence-electron chi connectivity index (χ2n) is 10.7. The Morgan fingerprint density at radius 2 is 2.08 bits per heavy atom. The summed E-state index contributed by atoms with van der Waals surface area (Å²) in [6.45, 7) is 13.5. The fourth-order valence-corrected chi connectivity index (χ4v) is 7.05. The fraction of sp³-hybridized carbons (Fsp3) is 0.552. The van der Waals surface area contributed by atoms with E-state index < -0.39 is 35.0 Å². The molecule has 38 heavy (non-hydrogen) atoms. The van der Waals surface area contributed by atoms with Gasteiger partial charge in [0, 0.05) is 19.7 Å². The number of esters is 1. The van der Waals surface area contributed by atoms with Gasteiger partial charge in [0.05, 0.1) is 28.8 Å². The van der Waals surface area contributed by atoms with Crippen molar-refractivity contribution in [2.75, 3.05) is 31.2 Å². The molecule has 0 aliphatic carbocycles. The number of halogens is 1. The number of carbonyl (C=O) groups excluding carboxylic acids is 3. The number of hydrogen-bond acceptors (Lipinski definition) is 6. The zero-order valence-electron chi connectivity index (χ0n) is 22.3. The van der Waals surface area contributed by atoms with Crippen LogP contribution in [0, 0.1) is 24.7 Å². The molecule has 4 rings (SSSR count). The van der Waals surface area contributed by atoms with Crippen LogP contribution in [0.25, 0.3) is 0 Å². The average Bonchev–Trinajstić information content (AvgIpc) is 3.38. The zero-order chi connectivity index (χ0) is 27.8. The number of para-hydroxylation sites is 1. The molecule has 1 spiro atoms. The highest BCUT2D eigenvalue weighted by molar-refractivity contribution is 6.34. The Bertz CT molecular complexity index is 1120. The quantitative estimate of drug-likeness (QED) is 0.259. The minimum atomic E-state index is -1.21. The van der Waals surface area contributed by atoms with Crippen molar-refractivity contribution < 1.29 is 29.0 Å². The maximum atomic E-state index is 14.5. The maximum Gasteiger partial charge on any atom is 0.312 e. The standard InChI is InChI=1S/C29H37ClN2O6/c1-6-8-16-37-27(36)22-21-25(34)32(14-10-15-33)24(29(21)17-19(4)28(22,5)38-29)26(35)31(13-7-2)23-18(3)11-9-12-20(23)30/h6-7,9,11-12,19,21-22,24,33H,1-2,8,10,13-17H2,3-5H3/t19?,21-,22+,24?,28-,29?/m0/s1. The fourth-order valence-electron chi connectivity index (χ4n) is 6.72. The molecule has 3 saturated heterocycles. The normalized spacial score (nSPS) is 31.3. The number of amides is 2. The van der Waals surface area contributed by atoms with Crippen LogP contribution in [-0.4, -0.2) is 71.3 Å². The number of hydrogen-bond donors (Lipinski definition) is 1. The SMILES string of the molecule is C=CCCOC(=O)[C@H]1[C@H]2C(=O)N(CCCO)C(C(=O)N(CC=C)c3c(C)cccc3Cl)C23CC(C)[C@]1(C)O3. The number of fused-ring (bicyclic) bond motifs is 1. The second-order valence-corrected chi connectivity index (χ2v) is 11.1. The second kappa shape index (κ2) is 10.8. The molecule has 3 unspecified atom stereocenters. The van der Waals surface area contributed by atoms with E-state index in [2.05, 4.69) is 13.2 Å². The summed E-state index contributed by atoms with van der Waals surface area (Å²) in [6, 6.07) is 4.39. The number of nitrogens with zero attached hydrogens (tertiary/aromatic N) is 2. The first-order valence-electron chi connectivity index (χ1n) is 13.2. The highest BCUT2D eigenvalue weighted by Gasteiger charge is 2.80. The first kappa shape index (κ1) is 28.3. The van der Waals surface area contributed by atoms with Crippen molar-refractivity contribution in [2.24, 2.45) is 17.8 Å². The van der Waals surface area contributed by atoms with E-state index in [9.17, 15) is 19.5 Å². The molecule has 6 atom stereocenters. The minimum absolute atomic E-state index is 0.105. The van der Waals surface area contributed by atoms with Crippen LogP contribution in [-0.2, 0) is 23.9 Å². The summed E-state index contributed by atoms with van der Waals surface area (Å²) in [5.74, 6) is -3.01. The number of aliphatic hydroxyl groups is 1. The number of ether oxygens (including phenoxy) is 2. The highest BCUT2D eigenvalue weighted by atomic mass is 35.5. The van der Waals surface area contributed by atoms with Gasteiger partial charge in [-0.1, -0.05) is 42.8 Å². The smallest absolute Gasteiger partial charge is 0.312 e. The van der Waals surface area contributed by atoms with Gasteiger partial charge in [-0.3, -0.25) is 14.4 Å². The van der Waals surface area contributed by atoms with E-state index in [1.54, 1.807) is 23.1 Å². The minimum Gasteiger partial charge on any atom is -0.465 e. The van der Waals surface area contributed by atoms with E-state index in [1.165, 1.54) is 4.90 Å². The summed E-state index contributed by atoms with van der Waals surface area (Å²) >= 11 is 6.58. The molecule has 9 heteroatoms. The molecule has 8 nitrogen and oxygen atoms in total. The predicted molar refractivity (Wildman–Crippen MR) is 145 cm³/mol. The van der Waals surface area contributed by atoms with E-state index >= 15 is 0 Å². The third-order valence-electron chi connectivity index (χ3n) is 8.46. The van der Waals surface area contributed by atoms with Crippen LogP contribution in [0.3, 0.4) is 0 Å². The predicted octanol–water partition coefficient (Wildman–Crippen LogP) is 3.68. The van der Waals surface area contributed by atoms with Crippen molar-refractivity contribution in [1.29, 1.82) is 0 Å². The van der Waals surface area contributed by atoms with E-state index in [-0.39, 0.29) is 50.5 Å². The van der Waals surface area contributed by atoms with Gasteiger partial charge in [0.25, 0.3) is 5.91 Å². The molecular formula is C29H37ClN2O6. The first-order chi connectivity index (χ1) is 18.1. The lowest BCUT2D eigenvalue weighted by Crippen LogP contribution is -2.57.